The third kappa shape index (κ3) is 4.28. The molecule has 0 aliphatic carbocycles. The van der Waals surface area contributed by atoms with Crippen molar-refractivity contribution >= 4 is 33.4 Å². The van der Waals surface area contributed by atoms with Gasteiger partial charge in [0.1, 0.15) is 5.76 Å². The number of aromatic nitrogens is 1. The van der Waals surface area contributed by atoms with E-state index in [1.807, 2.05) is 13.8 Å². The van der Waals surface area contributed by atoms with Gasteiger partial charge in [-0.3, -0.25) is 4.79 Å². The second-order valence-corrected chi connectivity index (χ2v) is 8.96. The van der Waals surface area contributed by atoms with Gasteiger partial charge in [-0.1, -0.05) is 17.8 Å². The van der Waals surface area contributed by atoms with E-state index in [0.717, 1.165) is 24.3 Å². The number of nitrogens with zero attached hydrogens (tertiary/aromatic N) is 2. The van der Waals surface area contributed by atoms with Crippen LogP contribution in [0.4, 0.5) is 5.69 Å². The van der Waals surface area contributed by atoms with Gasteiger partial charge < -0.3 is 9.73 Å². The van der Waals surface area contributed by atoms with Gasteiger partial charge >= 0.3 is 0 Å². The summed E-state index contributed by atoms with van der Waals surface area (Å²) in [6.07, 6.45) is 1.76. The molecule has 1 saturated heterocycles. The zero-order valence-corrected chi connectivity index (χ0v) is 16.3. The second-order valence-electron chi connectivity index (χ2n) is 6.10. The Kier molecular flexibility index (Phi) is 5.69. The minimum absolute atomic E-state index is 0.127. The minimum Gasteiger partial charge on any atom is -0.437 e. The summed E-state index contributed by atoms with van der Waals surface area (Å²) in [5.41, 5.74) is 1.25. The van der Waals surface area contributed by atoms with E-state index < -0.39 is 10.0 Å². The highest BCUT2D eigenvalue weighted by Gasteiger charge is 2.27. The number of rotatable bonds is 6. The number of hydrogen-bond acceptors (Lipinski definition) is 6. The number of amides is 1. The zero-order valence-electron chi connectivity index (χ0n) is 14.7. The van der Waals surface area contributed by atoms with Crippen molar-refractivity contribution in [2.24, 2.45) is 0 Å². The lowest BCUT2D eigenvalue weighted by Crippen LogP contribution is -2.28. The lowest BCUT2D eigenvalue weighted by molar-refractivity contribution is -0.113. The molecule has 0 atom stereocenters. The normalized spacial score (nSPS) is 15.3. The van der Waals surface area contributed by atoms with Crippen LogP contribution in [-0.2, 0) is 14.8 Å². The summed E-state index contributed by atoms with van der Waals surface area (Å²) in [6, 6.07) is 6.35. The zero-order chi connectivity index (χ0) is 18.7. The van der Waals surface area contributed by atoms with Crippen LogP contribution in [-0.4, -0.2) is 42.5 Å². The second kappa shape index (κ2) is 7.81. The monoisotopic (exact) mass is 395 g/mol. The molecule has 0 saturated carbocycles. The average Bonchev–Trinajstić information content (AvgIpc) is 3.24. The Bertz CT molecular complexity index is 883. The van der Waals surface area contributed by atoms with Crippen molar-refractivity contribution in [3.63, 3.8) is 0 Å². The first-order valence-electron chi connectivity index (χ1n) is 8.33. The van der Waals surface area contributed by atoms with Crippen molar-refractivity contribution in [3.8, 4) is 0 Å². The van der Waals surface area contributed by atoms with Crippen molar-refractivity contribution in [1.82, 2.24) is 9.29 Å². The van der Waals surface area contributed by atoms with E-state index in [1.165, 1.54) is 22.1 Å². The molecule has 2 aromatic rings. The first kappa shape index (κ1) is 18.9. The molecule has 2 heterocycles. The van der Waals surface area contributed by atoms with Crippen LogP contribution in [0.2, 0.25) is 0 Å². The highest BCUT2D eigenvalue weighted by molar-refractivity contribution is 7.99. The molecule has 140 valence electrons. The molecule has 1 aliphatic heterocycles. The lowest BCUT2D eigenvalue weighted by atomic mass is 10.3. The van der Waals surface area contributed by atoms with E-state index in [9.17, 15) is 13.2 Å². The summed E-state index contributed by atoms with van der Waals surface area (Å²) < 4.78 is 32.1. The van der Waals surface area contributed by atoms with Gasteiger partial charge in [-0.15, -0.1) is 0 Å². The number of thioether (sulfide) groups is 1. The molecule has 0 bridgehead atoms. The van der Waals surface area contributed by atoms with Crippen molar-refractivity contribution < 1.29 is 17.6 Å². The van der Waals surface area contributed by atoms with Gasteiger partial charge in [-0.25, -0.2) is 13.4 Å². The highest BCUT2D eigenvalue weighted by Crippen LogP contribution is 2.24. The Labute approximate surface area is 157 Å². The topological polar surface area (TPSA) is 92.5 Å². The molecule has 1 aromatic heterocycles. The van der Waals surface area contributed by atoms with Crippen molar-refractivity contribution in [2.45, 2.75) is 36.8 Å². The fourth-order valence-electron chi connectivity index (χ4n) is 2.64. The van der Waals surface area contributed by atoms with Gasteiger partial charge in [0.25, 0.3) is 5.22 Å². The molecule has 0 spiro atoms. The quantitative estimate of drug-likeness (QED) is 0.756. The number of carbonyl (C=O) groups excluding carboxylic acids is 1. The molecule has 0 unspecified atom stereocenters. The van der Waals surface area contributed by atoms with Gasteiger partial charge in [-0.05, 0) is 44.9 Å². The molecule has 1 fully saturated rings. The lowest BCUT2D eigenvalue weighted by Gasteiger charge is -2.16. The average molecular weight is 396 g/mol. The van der Waals surface area contributed by atoms with Crippen LogP contribution < -0.4 is 5.32 Å². The largest absolute Gasteiger partial charge is 0.437 e. The maximum Gasteiger partial charge on any atom is 0.256 e. The summed E-state index contributed by atoms with van der Waals surface area (Å²) in [5.74, 6) is 0.606. The number of sulfonamides is 1. The van der Waals surface area contributed by atoms with Gasteiger partial charge in [0.2, 0.25) is 15.9 Å². The summed E-state index contributed by atoms with van der Waals surface area (Å²) in [4.78, 5) is 16.5. The standard InChI is InChI=1S/C17H21N3O4S2/c1-12-13(2)24-17(18-12)25-11-16(21)19-14-6-5-7-15(10-14)26(22,23)20-8-3-4-9-20/h5-7,10H,3-4,8-9,11H2,1-2H3,(H,19,21). The van der Waals surface area contributed by atoms with Crippen LogP contribution in [0.1, 0.15) is 24.3 Å². The van der Waals surface area contributed by atoms with Gasteiger partial charge in [0, 0.05) is 18.8 Å². The number of carbonyl (C=O) groups is 1. The molecular weight excluding hydrogens is 374 g/mol. The molecule has 1 aliphatic rings. The minimum atomic E-state index is -3.50. The van der Waals surface area contributed by atoms with Crippen LogP contribution in [0, 0.1) is 13.8 Å². The van der Waals surface area contributed by atoms with E-state index in [2.05, 4.69) is 10.3 Å². The number of aryl methyl sites for hydroxylation is 2. The molecule has 3 rings (SSSR count). The van der Waals surface area contributed by atoms with E-state index >= 15 is 0 Å². The van der Waals surface area contributed by atoms with Gasteiger partial charge in [0.05, 0.1) is 16.3 Å². The molecule has 9 heteroatoms. The van der Waals surface area contributed by atoms with E-state index in [1.54, 1.807) is 18.2 Å². The van der Waals surface area contributed by atoms with Crippen LogP contribution in [0.3, 0.4) is 0 Å². The fraction of sp³-hybridized carbons (Fsp3) is 0.412. The Balaban J connectivity index is 1.63. The van der Waals surface area contributed by atoms with E-state index in [0.29, 0.717) is 24.0 Å². The smallest absolute Gasteiger partial charge is 0.256 e. The van der Waals surface area contributed by atoms with Gasteiger partial charge in [0.15, 0.2) is 0 Å². The Morgan fingerprint density at radius 1 is 1.31 bits per heavy atom. The Hall–Kier alpha value is -1.84. The number of benzene rings is 1. The third-order valence-corrected chi connectivity index (χ3v) is 6.88. The number of anilines is 1. The highest BCUT2D eigenvalue weighted by atomic mass is 32.2. The molecule has 7 nitrogen and oxygen atoms in total. The van der Waals surface area contributed by atoms with Crippen LogP contribution in [0.5, 0.6) is 0 Å². The number of oxazole rings is 1. The van der Waals surface area contributed by atoms with Crippen molar-refractivity contribution in [3.05, 3.63) is 35.7 Å². The van der Waals surface area contributed by atoms with Crippen LogP contribution in [0.15, 0.2) is 38.8 Å². The summed E-state index contributed by atoms with van der Waals surface area (Å²) in [6.45, 7) is 4.75. The number of hydrogen-bond donors (Lipinski definition) is 1. The Morgan fingerprint density at radius 2 is 2.04 bits per heavy atom. The third-order valence-electron chi connectivity index (χ3n) is 4.16. The van der Waals surface area contributed by atoms with E-state index in [-0.39, 0.29) is 16.6 Å². The molecule has 1 aromatic carbocycles. The predicted octanol–water partition coefficient (Wildman–Crippen LogP) is 2.81. The summed E-state index contributed by atoms with van der Waals surface area (Å²) in [7, 11) is -3.50. The molecule has 1 N–H and O–H groups in total. The maximum absolute atomic E-state index is 12.6. The predicted molar refractivity (Wildman–Crippen MR) is 99.8 cm³/mol. The number of nitrogens with one attached hydrogen (secondary N) is 1. The van der Waals surface area contributed by atoms with Crippen molar-refractivity contribution in [2.75, 3.05) is 24.2 Å². The summed E-state index contributed by atoms with van der Waals surface area (Å²) >= 11 is 1.20. The molecule has 0 radical (unpaired) electrons. The van der Waals surface area contributed by atoms with Crippen LogP contribution >= 0.6 is 11.8 Å². The maximum atomic E-state index is 12.6. The fourth-order valence-corrected chi connectivity index (χ4v) is 4.92. The summed E-state index contributed by atoms with van der Waals surface area (Å²) in [5, 5.41) is 3.17. The van der Waals surface area contributed by atoms with Gasteiger partial charge in [-0.2, -0.15) is 4.31 Å². The molecule has 26 heavy (non-hydrogen) atoms. The first-order valence-corrected chi connectivity index (χ1v) is 10.8. The molecule has 1 amide bonds. The first-order chi connectivity index (χ1) is 12.4. The SMILES string of the molecule is Cc1nc(SCC(=O)Nc2cccc(S(=O)(=O)N3CCCC3)c2)oc1C. The molecular formula is C17H21N3O4S2. The van der Waals surface area contributed by atoms with E-state index in [4.69, 9.17) is 4.42 Å². The van der Waals surface area contributed by atoms with Crippen molar-refractivity contribution in [1.29, 1.82) is 0 Å². The Morgan fingerprint density at radius 3 is 2.69 bits per heavy atom. The van der Waals surface area contributed by atoms with Crippen LogP contribution in [0.25, 0.3) is 0 Å².